The summed E-state index contributed by atoms with van der Waals surface area (Å²) in [5.74, 6) is -0.877. The summed E-state index contributed by atoms with van der Waals surface area (Å²) in [5, 5.41) is 0. The number of carbonyl (C=O) groups is 2. The first-order valence-electron chi connectivity index (χ1n) is 10.6. The Morgan fingerprint density at radius 2 is 1.45 bits per heavy atom. The first kappa shape index (κ1) is 18.8. The van der Waals surface area contributed by atoms with E-state index in [9.17, 15) is 9.59 Å². The van der Waals surface area contributed by atoms with Gasteiger partial charge in [-0.1, -0.05) is 76.6 Å². The average Bonchev–Trinajstić information content (AvgIpc) is 3.06. The van der Waals surface area contributed by atoms with Crippen LogP contribution >= 0.6 is 15.9 Å². The van der Waals surface area contributed by atoms with Crippen molar-refractivity contribution in [3.63, 3.8) is 0 Å². The largest absolute Gasteiger partial charge is 0.492 e. The molecule has 4 nitrogen and oxygen atoms in total. The Kier molecular flexibility index (Phi) is 3.97. The lowest BCUT2D eigenvalue weighted by atomic mass is 9.55. The lowest BCUT2D eigenvalue weighted by Gasteiger charge is -2.51. The van der Waals surface area contributed by atoms with E-state index in [1.165, 1.54) is 4.90 Å². The maximum Gasteiger partial charge on any atom is 0.239 e. The molecule has 1 heterocycles. The molecule has 154 valence electrons. The van der Waals surface area contributed by atoms with Crippen molar-refractivity contribution < 1.29 is 14.3 Å². The molecule has 2 atom stereocenters. The summed E-state index contributed by atoms with van der Waals surface area (Å²) >= 11 is 4.02. The van der Waals surface area contributed by atoms with E-state index in [0.29, 0.717) is 18.0 Å². The SMILES string of the molecule is CCOc1ccccc1N1C(=O)[C@H]2C3c4ccccc4C(Br)(c4ccccc43)[C@H]2C1=O. The fourth-order valence-electron chi connectivity index (χ4n) is 5.84. The number of carbonyl (C=O) groups excluding carboxylic acids is 2. The summed E-state index contributed by atoms with van der Waals surface area (Å²) in [6.07, 6.45) is 0. The molecule has 5 heteroatoms. The number of imide groups is 1. The van der Waals surface area contributed by atoms with Crippen molar-refractivity contribution in [2.75, 3.05) is 11.5 Å². The van der Waals surface area contributed by atoms with Crippen LogP contribution in [0.4, 0.5) is 5.69 Å². The van der Waals surface area contributed by atoms with Crippen molar-refractivity contribution in [1.29, 1.82) is 0 Å². The number of rotatable bonds is 3. The second-order valence-corrected chi connectivity index (χ2v) is 9.53. The third-order valence-electron chi connectivity index (χ3n) is 6.92. The molecular weight excluding hydrogens is 454 g/mol. The number of ether oxygens (including phenoxy) is 1. The normalized spacial score (nSPS) is 27.7. The van der Waals surface area contributed by atoms with Crippen LogP contribution in [0.5, 0.6) is 5.75 Å². The van der Waals surface area contributed by atoms with Gasteiger partial charge in [0.2, 0.25) is 11.8 Å². The highest BCUT2D eigenvalue weighted by atomic mass is 79.9. The lowest BCUT2D eigenvalue weighted by molar-refractivity contribution is -0.122. The van der Waals surface area contributed by atoms with Gasteiger partial charge in [0, 0.05) is 5.92 Å². The van der Waals surface area contributed by atoms with Gasteiger partial charge < -0.3 is 4.74 Å². The summed E-state index contributed by atoms with van der Waals surface area (Å²) < 4.78 is 5.03. The van der Waals surface area contributed by atoms with Crippen LogP contribution in [0.1, 0.15) is 35.1 Å². The van der Waals surface area contributed by atoms with Crippen LogP contribution in [0.25, 0.3) is 0 Å². The zero-order chi connectivity index (χ0) is 21.3. The molecule has 1 fully saturated rings. The zero-order valence-corrected chi connectivity index (χ0v) is 18.5. The van der Waals surface area contributed by atoms with Crippen LogP contribution in [0.2, 0.25) is 0 Å². The van der Waals surface area contributed by atoms with E-state index in [1.807, 2.05) is 49.4 Å². The van der Waals surface area contributed by atoms with Crippen LogP contribution in [0.15, 0.2) is 72.8 Å². The first-order valence-corrected chi connectivity index (χ1v) is 11.4. The van der Waals surface area contributed by atoms with Gasteiger partial charge in [-0.05, 0) is 41.3 Å². The average molecular weight is 474 g/mol. The third kappa shape index (κ3) is 2.25. The van der Waals surface area contributed by atoms with Crippen LogP contribution in [0.3, 0.4) is 0 Å². The topological polar surface area (TPSA) is 46.6 Å². The number of benzene rings is 3. The Morgan fingerprint density at radius 1 is 0.871 bits per heavy atom. The van der Waals surface area contributed by atoms with Crippen molar-refractivity contribution in [1.82, 2.24) is 0 Å². The van der Waals surface area contributed by atoms with Gasteiger partial charge in [0.1, 0.15) is 5.75 Å². The maximum atomic E-state index is 13.9. The van der Waals surface area contributed by atoms with E-state index < -0.39 is 16.2 Å². The van der Waals surface area contributed by atoms with E-state index in [2.05, 4.69) is 40.2 Å². The highest BCUT2D eigenvalue weighted by Crippen LogP contribution is 2.66. The summed E-state index contributed by atoms with van der Waals surface area (Å²) in [5.41, 5.74) is 4.94. The molecule has 3 aromatic carbocycles. The smallest absolute Gasteiger partial charge is 0.239 e. The van der Waals surface area contributed by atoms with Gasteiger partial charge in [-0.25, -0.2) is 4.90 Å². The lowest BCUT2D eigenvalue weighted by Crippen LogP contribution is -2.50. The molecule has 0 aromatic heterocycles. The number of hydrogen-bond acceptors (Lipinski definition) is 3. The molecule has 0 unspecified atom stereocenters. The number of hydrogen-bond donors (Lipinski definition) is 0. The van der Waals surface area contributed by atoms with Gasteiger partial charge >= 0.3 is 0 Å². The molecule has 0 radical (unpaired) electrons. The molecule has 3 aliphatic carbocycles. The molecule has 2 amide bonds. The van der Waals surface area contributed by atoms with E-state index >= 15 is 0 Å². The summed E-state index contributed by atoms with van der Waals surface area (Å²) in [4.78, 5) is 29.2. The minimum atomic E-state index is -0.734. The quantitative estimate of drug-likeness (QED) is 0.397. The van der Waals surface area contributed by atoms with Gasteiger partial charge in [-0.15, -0.1) is 0 Å². The molecule has 2 bridgehead atoms. The fourth-order valence-corrected chi connectivity index (χ4v) is 7.04. The molecule has 0 N–H and O–H groups in total. The number of nitrogens with zero attached hydrogens (tertiary/aromatic N) is 1. The number of amides is 2. The second-order valence-electron chi connectivity index (χ2n) is 8.28. The van der Waals surface area contributed by atoms with E-state index in [0.717, 1.165) is 22.3 Å². The van der Waals surface area contributed by atoms with Crippen LogP contribution in [-0.4, -0.2) is 18.4 Å². The Bertz CT molecular complexity index is 1210. The van der Waals surface area contributed by atoms with Crippen LogP contribution in [0, 0.1) is 11.8 Å². The molecule has 0 spiro atoms. The van der Waals surface area contributed by atoms with Gasteiger partial charge in [0.15, 0.2) is 0 Å². The van der Waals surface area contributed by atoms with Gasteiger partial charge in [-0.3, -0.25) is 9.59 Å². The van der Waals surface area contributed by atoms with Crippen molar-refractivity contribution in [2.24, 2.45) is 11.8 Å². The number of anilines is 1. The van der Waals surface area contributed by atoms with Crippen molar-refractivity contribution >= 4 is 33.4 Å². The van der Waals surface area contributed by atoms with Gasteiger partial charge in [-0.2, -0.15) is 0 Å². The number of alkyl halides is 1. The molecule has 0 saturated carbocycles. The molecule has 4 aliphatic rings. The first-order chi connectivity index (χ1) is 15.1. The molecule has 31 heavy (non-hydrogen) atoms. The fraction of sp³-hybridized carbons (Fsp3) is 0.231. The predicted octanol–water partition coefficient (Wildman–Crippen LogP) is 4.99. The Labute approximate surface area is 189 Å². The Balaban J connectivity index is 1.59. The minimum Gasteiger partial charge on any atom is -0.492 e. The number of para-hydroxylation sites is 2. The maximum absolute atomic E-state index is 13.9. The molecular formula is C26H20BrNO3. The summed E-state index contributed by atoms with van der Waals surface area (Å²) in [7, 11) is 0. The Morgan fingerprint density at radius 3 is 2.10 bits per heavy atom. The van der Waals surface area contributed by atoms with Crippen molar-refractivity contribution in [3.05, 3.63) is 95.1 Å². The summed E-state index contributed by atoms with van der Waals surface area (Å²) in [6.45, 7) is 2.35. The monoisotopic (exact) mass is 473 g/mol. The molecule has 1 saturated heterocycles. The van der Waals surface area contributed by atoms with Crippen molar-refractivity contribution in [2.45, 2.75) is 17.2 Å². The highest BCUT2D eigenvalue weighted by molar-refractivity contribution is 9.09. The third-order valence-corrected chi connectivity index (χ3v) is 8.27. The van der Waals surface area contributed by atoms with Crippen LogP contribution < -0.4 is 9.64 Å². The molecule has 3 aromatic rings. The van der Waals surface area contributed by atoms with Crippen LogP contribution in [-0.2, 0) is 13.9 Å². The predicted molar refractivity (Wildman–Crippen MR) is 122 cm³/mol. The van der Waals surface area contributed by atoms with E-state index in [-0.39, 0.29) is 17.7 Å². The van der Waals surface area contributed by atoms with Crippen molar-refractivity contribution in [3.8, 4) is 5.75 Å². The Hall–Kier alpha value is -2.92. The second kappa shape index (κ2) is 6.54. The summed E-state index contributed by atoms with van der Waals surface area (Å²) in [6, 6.07) is 23.7. The van der Waals surface area contributed by atoms with E-state index in [4.69, 9.17) is 4.74 Å². The van der Waals surface area contributed by atoms with Gasteiger partial charge in [0.25, 0.3) is 0 Å². The van der Waals surface area contributed by atoms with Gasteiger partial charge in [0.05, 0.1) is 28.5 Å². The number of halogens is 1. The standard InChI is InChI=1S/C26H20BrNO3/c1-2-31-20-14-8-7-13-19(20)28-24(29)22-21-15-9-3-5-11-17(15)26(27,23(22)25(28)30)18-12-6-4-10-16(18)21/h3-14,21-23H,2H2,1H3/t21?,22-,23+,26?/m0/s1. The molecule has 1 aliphatic heterocycles. The highest BCUT2D eigenvalue weighted by Gasteiger charge is 2.67. The molecule has 7 rings (SSSR count). The van der Waals surface area contributed by atoms with E-state index in [1.54, 1.807) is 6.07 Å². The minimum absolute atomic E-state index is 0.141. The zero-order valence-electron chi connectivity index (χ0n) is 16.9.